The average molecular weight is 454 g/mol. The van der Waals surface area contributed by atoms with Crippen LogP contribution in [0.15, 0.2) is 70.5 Å². The Morgan fingerprint density at radius 1 is 0.970 bits per heavy atom. The van der Waals surface area contributed by atoms with E-state index in [1.807, 2.05) is 6.07 Å². The smallest absolute Gasteiger partial charge is 0.320 e. The Labute approximate surface area is 186 Å². The number of hydrogen-bond donors (Lipinski definition) is 0. The second-order valence-electron chi connectivity index (χ2n) is 8.31. The van der Waals surface area contributed by atoms with Crippen LogP contribution in [0.4, 0.5) is 13.2 Å². The van der Waals surface area contributed by atoms with Crippen LogP contribution in [0.1, 0.15) is 42.9 Å². The van der Waals surface area contributed by atoms with Gasteiger partial charge in [0.15, 0.2) is 11.2 Å². The van der Waals surface area contributed by atoms with Crippen LogP contribution in [0.2, 0.25) is 0 Å². The average Bonchev–Trinajstić information content (AvgIpc) is 3.45. The van der Waals surface area contributed by atoms with Crippen molar-refractivity contribution in [3.05, 3.63) is 92.9 Å². The fourth-order valence-electron chi connectivity index (χ4n) is 4.61. The van der Waals surface area contributed by atoms with E-state index in [0.29, 0.717) is 11.3 Å². The lowest BCUT2D eigenvalue weighted by Crippen LogP contribution is -2.41. The van der Waals surface area contributed by atoms with E-state index in [1.165, 1.54) is 26.1 Å². The van der Waals surface area contributed by atoms with Gasteiger partial charge in [0.25, 0.3) is 5.56 Å². The third-order valence-electron chi connectivity index (χ3n) is 6.16. The first-order valence-electron chi connectivity index (χ1n) is 10.8. The Kier molecular flexibility index (Phi) is 5.19. The van der Waals surface area contributed by atoms with Gasteiger partial charge < -0.3 is 4.57 Å². The quantitative estimate of drug-likeness (QED) is 0.455. The minimum absolute atomic E-state index is 0.0212. The lowest BCUT2D eigenvalue weighted by atomic mass is 10.1. The van der Waals surface area contributed by atoms with Crippen molar-refractivity contribution < 1.29 is 13.2 Å². The van der Waals surface area contributed by atoms with Crippen molar-refractivity contribution in [2.45, 2.75) is 44.4 Å². The number of rotatable bonds is 4. The number of imidazole rings is 1. The number of benzene rings is 2. The number of fused-ring (bicyclic) bond motifs is 1. The van der Waals surface area contributed by atoms with E-state index in [-0.39, 0.29) is 23.8 Å². The second-order valence-corrected chi connectivity index (χ2v) is 8.31. The van der Waals surface area contributed by atoms with Crippen molar-refractivity contribution in [2.75, 3.05) is 0 Å². The first kappa shape index (κ1) is 21.2. The van der Waals surface area contributed by atoms with E-state index in [1.54, 1.807) is 30.3 Å². The van der Waals surface area contributed by atoms with Gasteiger partial charge in [-0.15, -0.1) is 0 Å². The van der Waals surface area contributed by atoms with Gasteiger partial charge in [-0.05, 0) is 42.7 Å². The number of alkyl halides is 3. The van der Waals surface area contributed by atoms with Crippen LogP contribution in [0, 0.1) is 0 Å². The van der Waals surface area contributed by atoms with Crippen LogP contribution in [-0.4, -0.2) is 18.7 Å². The van der Waals surface area contributed by atoms with Gasteiger partial charge in [-0.25, -0.2) is 14.3 Å². The fraction of sp³-hybridized carbons (Fsp3) is 0.292. The molecule has 6 nitrogen and oxygen atoms in total. The Morgan fingerprint density at radius 2 is 1.70 bits per heavy atom. The summed E-state index contributed by atoms with van der Waals surface area (Å²) in [4.78, 5) is 31.3. The summed E-state index contributed by atoms with van der Waals surface area (Å²) in [6.45, 7) is 0.0212. The minimum atomic E-state index is -4.46. The summed E-state index contributed by atoms with van der Waals surface area (Å²) in [5.74, 6) is 0. The third kappa shape index (κ3) is 3.77. The molecular formula is C24H21F3N4O2. The molecule has 0 aliphatic heterocycles. The molecule has 1 fully saturated rings. The van der Waals surface area contributed by atoms with Gasteiger partial charge in [-0.3, -0.25) is 9.36 Å². The van der Waals surface area contributed by atoms with Crippen molar-refractivity contribution >= 4 is 11.2 Å². The van der Waals surface area contributed by atoms with Crippen molar-refractivity contribution in [3.8, 4) is 5.69 Å². The molecule has 33 heavy (non-hydrogen) atoms. The molecule has 0 N–H and O–H groups in total. The first-order valence-corrected chi connectivity index (χ1v) is 10.8. The summed E-state index contributed by atoms with van der Waals surface area (Å²) >= 11 is 0. The number of para-hydroxylation sites is 1. The molecule has 1 saturated carbocycles. The van der Waals surface area contributed by atoms with E-state index in [4.69, 9.17) is 0 Å². The normalized spacial score (nSPS) is 14.9. The van der Waals surface area contributed by atoms with E-state index in [0.717, 1.165) is 37.8 Å². The lowest BCUT2D eigenvalue weighted by Gasteiger charge is -2.17. The van der Waals surface area contributed by atoms with E-state index in [2.05, 4.69) is 4.98 Å². The highest BCUT2D eigenvalue weighted by atomic mass is 19.4. The molecule has 0 amide bonds. The summed E-state index contributed by atoms with van der Waals surface area (Å²) < 4.78 is 43.7. The van der Waals surface area contributed by atoms with E-state index >= 15 is 0 Å². The summed E-state index contributed by atoms with van der Waals surface area (Å²) in [7, 11) is 0. The Morgan fingerprint density at radius 3 is 2.39 bits per heavy atom. The third-order valence-corrected chi connectivity index (χ3v) is 6.16. The molecule has 1 aliphatic carbocycles. The van der Waals surface area contributed by atoms with Gasteiger partial charge in [0, 0.05) is 12.6 Å². The molecule has 170 valence electrons. The monoisotopic (exact) mass is 454 g/mol. The van der Waals surface area contributed by atoms with E-state index < -0.39 is 23.0 Å². The molecule has 1 aliphatic rings. The summed E-state index contributed by atoms with van der Waals surface area (Å²) in [6.07, 6.45) is 0.279. The summed E-state index contributed by atoms with van der Waals surface area (Å²) in [5, 5.41) is 0. The van der Waals surface area contributed by atoms with Crippen LogP contribution in [-0.2, 0) is 12.7 Å². The standard InChI is InChI=1S/C24H21F3N4O2/c25-24(26,27)17-8-6-7-16(13-17)14-29-15-28-21-20(29)22(32)31(19-11-4-5-12-19)23(33)30(21)18-9-2-1-3-10-18/h1-3,6-10,13,15,19H,4-5,11-12,14H2. The molecule has 9 heteroatoms. The summed E-state index contributed by atoms with van der Waals surface area (Å²) in [6, 6.07) is 13.7. The molecule has 0 saturated heterocycles. The Balaban J connectivity index is 1.72. The van der Waals surface area contributed by atoms with Gasteiger partial charge >= 0.3 is 11.9 Å². The Hall–Kier alpha value is -3.62. The molecule has 0 bridgehead atoms. The molecule has 0 spiro atoms. The van der Waals surface area contributed by atoms with Crippen LogP contribution in [0.3, 0.4) is 0 Å². The van der Waals surface area contributed by atoms with E-state index in [9.17, 15) is 22.8 Å². The highest BCUT2D eigenvalue weighted by molar-refractivity contribution is 5.72. The highest BCUT2D eigenvalue weighted by Gasteiger charge is 2.30. The predicted octanol–water partition coefficient (Wildman–Crippen LogP) is 4.53. The van der Waals surface area contributed by atoms with Crippen molar-refractivity contribution in [2.24, 2.45) is 0 Å². The maximum absolute atomic E-state index is 13.5. The summed E-state index contributed by atoms with van der Waals surface area (Å²) in [5.41, 5.74) is -0.320. The van der Waals surface area contributed by atoms with Crippen LogP contribution in [0.25, 0.3) is 16.9 Å². The lowest BCUT2D eigenvalue weighted by molar-refractivity contribution is -0.137. The molecular weight excluding hydrogens is 433 g/mol. The van der Waals surface area contributed by atoms with Crippen LogP contribution < -0.4 is 11.2 Å². The Bertz CT molecular complexity index is 1430. The van der Waals surface area contributed by atoms with Crippen LogP contribution >= 0.6 is 0 Å². The van der Waals surface area contributed by atoms with Crippen molar-refractivity contribution in [1.29, 1.82) is 0 Å². The molecule has 2 heterocycles. The van der Waals surface area contributed by atoms with Gasteiger partial charge in [-0.1, -0.05) is 43.2 Å². The molecule has 4 aromatic rings. The maximum atomic E-state index is 13.5. The largest absolute Gasteiger partial charge is 0.416 e. The SMILES string of the molecule is O=c1c2c(ncn2Cc2cccc(C(F)(F)F)c2)n(-c2ccccc2)c(=O)n1C1CCCC1. The van der Waals surface area contributed by atoms with Gasteiger partial charge in [0.2, 0.25) is 0 Å². The van der Waals surface area contributed by atoms with Crippen molar-refractivity contribution in [3.63, 3.8) is 0 Å². The zero-order chi connectivity index (χ0) is 23.2. The number of nitrogens with zero attached hydrogens (tertiary/aromatic N) is 4. The molecule has 2 aromatic carbocycles. The number of aromatic nitrogens is 4. The predicted molar refractivity (Wildman–Crippen MR) is 118 cm³/mol. The molecule has 0 radical (unpaired) electrons. The maximum Gasteiger partial charge on any atom is 0.416 e. The topological polar surface area (TPSA) is 61.8 Å². The zero-order valence-electron chi connectivity index (χ0n) is 17.6. The first-order chi connectivity index (χ1) is 15.8. The molecule has 0 atom stereocenters. The van der Waals surface area contributed by atoms with Gasteiger partial charge in [-0.2, -0.15) is 13.2 Å². The van der Waals surface area contributed by atoms with Crippen molar-refractivity contribution in [1.82, 2.24) is 18.7 Å². The zero-order valence-corrected chi connectivity index (χ0v) is 17.6. The number of hydrogen-bond acceptors (Lipinski definition) is 3. The molecule has 5 rings (SSSR count). The minimum Gasteiger partial charge on any atom is -0.320 e. The second kappa shape index (κ2) is 8.06. The molecule has 0 unspecified atom stereocenters. The van der Waals surface area contributed by atoms with Gasteiger partial charge in [0.1, 0.15) is 0 Å². The fourth-order valence-corrected chi connectivity index (χ4v) is 4.61. The van der Waals surface area contributed by atoms with Crippen LogP contribution in [0.5, 0.6) is 0 Å². The number of halogens is 3. The highest BCUT2D eigenvalue weighted by Crippen LogP contribution is 2.30. The molecule has 2 aromatic heterocycles. The van der Waals surface area contributed by atoms with Gasteiger partial charge in [0.05, 0.1) is 17.6 Å².